The van der Waals surface area contributed by atoms with Gasteiger partial charge < -0.3 is 10.6 Å². The molecule has 0 aromatic heterocycles. The van der Waals surface area contributed by atoms with Crippen molar-refractivity contribution >= 4 is 21.4 Å². The van der Waals surface area contributed by atoms with E-state index in [1.54, 1.807) is 13.1 Å². The SMILES string of the molecule is CN(CCC#N)c1ccc(S(N)(=O)=O)c(N)c1. The number of nitriles is 1. The third-order valence-electron chi connectivity index (χ3n) is 2.30. The van der Waals surface area contributed by atoms with Gasteiger partial charge in [0, 0.05) is 19.3 Å². The third-order valence-corrected chi connectivity index (χ3v) is 3.28. The monoisotopic (exact) mass is 254 g/mol. The second-order valence-corrected chi connectivity index (χ2v) is 5.13. The quantitative estimate of drug-likeness (QED) is 0.748. The highest BCUT2D eigenvalue weighted by molar-refractivity contribution is 7.89. The van der Waals surface area contributed by atoms with Gasteiger partial charge in [-0.15, -0.1) is 0 Å². The highest BCUT2D eigenvalue weighted by Crippen LogP contribution is 2.23. The van der Waals surface area contributed by atoms with E-state index in [0.29, 0.717) is 13.0 Å². The summed E-state index contributed by atoms with van der Waals surface area (Å²) in [6, 6.07) is 6.52. The molecular formula is C10H14N4O2S. The van der Waals surface area contributed by atoms with Gasteiger partial charge in [-0.3, -0.25) is 0 Å². The van der Waals surface area contributed by atoms with Gasteiger partial charge in [-0.1, -0.05) is 0 Å². The first kappa shape index (κ1) is 13.3. The van der Waals surface area contributed by atoms with Crippen LogP contribution in [0.2, 0.25) is 0 Å². The number of hydrogen-bond donors (Lipinski definition) is 2. The first-order chi connectivity index (χ1) is 7.86. The van der Waals surface area contributed by atoms with Crippen molar-refractivity contribution in [1.82, 2.24) is 0 Å². The van der Waals surface area contributed by atoms with Crippen LogP contribution in [-0.4, -0.2) is 22.0 Å². The van der Waals surface area contributed by atoms with Gasteiger partial charge in [-0.2, -0.15) is 5.26 Å². The molecular weight excluding hydrogens is 240 g/mol. The molecule has 0 aliphatic heterocycles. The summed E-state index contributed by atoms with van der Waals surface area (Å²) < 4.78 is 22.3. The number of anilines is 2. The first-order valence-electron chi connectivity index (χ1n) is 4.86. The van der Waals surface area contributed by atoms with E-state index >= 15 is 0 Å². The summed E-state index contributed by atoms with van der Waals surface area (Å²) in [4.78, 5) is 1.72. The topological polar surface area (TPSA) is 113 Å². The normalized spacial score (nSPS) is 10.9. The van der Waals surface area contributed by atoms with Crippen LogP contribution in [0.15, 0.2) is 23.1 Å². The van der Waals surface area contributed by atoms with E-state index in [9.17, 15) is 8.42 Å². The van der Waals surface area contributed by atoms with Crippen molar-refractivity contribution < 1.29 is 8.42 Å². The number of rotatable bonds is 4. The Bertz CT molecular complexity index is 548. The first-order valence-corrected chi connectivity index (χ1v) is 6.41. The van der Waals surface area contributed by atoms with Crippen LogP contribution < -0.4 is 15.8 Å². The molecule has 17 heavy (non-hydrogen) atoms. The van der Waals surface area contributed by atoms with Gasteiger partial charge in [0.2, 0.25) is 10.0 Å². The van der Waals surface area contributed by atoms with Gasteiger partial charge in [0.25, 0.3) is 0 Å². The van der Waals surface area contributed by atoms with Crippen LogP contribution >= 0.6 is 0 Å². The molecule has 4 N–H and O–H groups in total. The lowest BCUT2D eigenvalue weighted by molar-refractivity contribution is 0.598. The Labute approximate surface area is 100 Å². The second-order valence-electron chi connectivity index (χ2n) is 3.60. The Morgan fingerprint density at radius 2 is 2.12 bits per heavy atom. The van der Waals surface area contributed by atoms with Gasteiger partial charge in [0.1, 0.15) is 4.90 Å². The fourth-order valence-electron chi connectivity index (χ4n) is 1.38. The Hall–Kier alpha value is -1.78. The van der Waals surface area contributed by atoms with Crippen molar-refractivity contribution in [3.8, 4) is 6.07 Å². The molecule has 6 nitrogen and oxygen atoms in total. The number of benzene rings is 1. The van der Waals surface area contributed by atoms with Gasteiger partial charge in [-0.25, -0.2) is 13.6 Å². The van der Waals surface area contributed by atoms with Crippen LogP contribution in [0.4, 0.5) is 11.4 Å². The number of nitrogen functional groups attached to an aromatic ring is 1. The maximum absolute atomic E-state index is 11.1. The van der Waals surface area contributed by atoms with Crippen LogP contribution in [0.1, 0.15) is 6.42 Å². The minimum atomic E-state index is -3.79. The summed E-state index contributed by atoms with van der Waals surface area (Å²) >= 11 is 0. The zero-order valence-electron chi connectivity index (χ0n) is 9.42. The zero-order chi connectivity index (χ0) is 13.1. The molecule has 0 amide bonds. The molecule has 0 aliphatic carbocycles. The fraction of sp³-hybridized carbons (Fsp3) is 0.300. The molecule has 0 bridgehead atoms. The molecule has 0 spiro atoms. The summed E-state index contributed by atoms with van der Waals surface area (Å²) in [6.45, 7) is 0.546. The van der Waals surface area contributed by atoms with E-state index in [2.05, 4.69) is 0 Å². The highest BCUT2D eigenvalue weighted by atomic mass is 32.2. The molecule has 7 heteroatoms. The molecule has 0 atom stereocenters. The predicted octanol–water partition coefficient (Wildman–Crippen LogP) is 0.266. The van der Waals surface area contributed by atoms with Gasteiger partial charge in [0.15, 0.2) is 0 Å². The molecule has 0 unspecified atom stereocenters. The van der Waals surface area contributed by atoms with E-state index in [1.807, 2.05) is 11.0 Å². The average Bonchev–Trinajstić information content (AvgIpc) is 2.23. The third kappa shape index (κ3) is 3.34. The molecule has 0 aliphatic rings. The molecule has 1 aromatic rings. The summed E-state index contributed by atoms with van der Waals surface area (Å²) in [5.74, 6) is 0. The Kier molecular flexibility index (Phi) is 3.93. The molecule has 0 heterocycles. The maximum atomic E-state index is 11.1. The summed E-state index contributed by atoms with van der Waals surface area (Å²) in [5, 5.41) is 13.5. The number of hydrogen-bond acceptors (Lipinski definition) is 5. The van der Waals surface area contributed by atoms with Gasteiger partial charge in [-0.05, 0) is 18.2 Å². The molecule has 1 aromatic carbocycles. The number of nitrogens with zero attached hydrogens (tertiary/aromatic N) is 2. The molecule has 92 valence electrons. The average molecular weight is 254 g/mol. The fourth-order valence-corrected chi connectivity index (χ4v) is 2.02. The maximum Gasteiger partial charge on any atom is 0.240 e. The summed E-state index contributed by atoms with van der Waals surface area (Å²) in [6.07, 6.45) is 0.382. The van der Waals surface area contributed by atoms with Crippen LogP contribution in [0, 0.1) is 11.3 Å². The van der Waals surface area contributed by atoms with Crippen molar-refractivity contribution in [1.29, 1.82) is 5.26 Å². The van der Waals surface area contributed by atoms with Crippen molar-refractivity contribution in [3.63, 3.8) is 0 Å². The molecule has 0 fully saturated rings. The van der Waals surface area contributed by atoms with Crippen molar-refractivity contribution in [3.05, 3.63) is 18.2 Å². The van der Waals surface area contributed by atoms with Crippen LogP contribution in [0.3, 0.4) is 0 Å². The lowest BCUT2D eigenvalue weighted by atomic mass is 10.2. The zero-order valence-corrected chi connectivity index (χ0v) is 10.2. The molecule has 1 rings (SSSR count). The second kappa shape index (κ2) is 5.03. The molecule has 0 radical (unpaired) electrons. The molecule has 0 saturated carbocycles. The predicted molar refractivity (Wildman–Crippen MR) is 65.7 cm³/mol. The largest absolute Gasteiger partial charge is 0.398 e. The van der Waals surface area contributed by atoms with Crippen molar-refractivity contribution in [2.45, 2.75) is 11.3 Å². The van der Waals surface area contributed by atoms with E-state index in [-0.39, 0.29) is 10.6 Å². The van der Waals surface area contributed by atoms with E-state index in [4.69, 9.17) is 16.1 Å². The standard InChI is InChI=1S/C10H14N4O2S/c1-14(6-2-5-11)8-3-4-10(9(12)7-8)17(13,15)16/h3-4,7H,2,6,12H2,1H3,(H2,13,15,16). The lowest BCUT2D eigenvalue weighted by Gasteiger charge is -2.18. The summed E-state index contributed by atoms with van der Waals surface area (Å²) in [7, 11) is -1.99. The smallest absolute Gasteiger partial charge is 0.240 e. The van der Waals surface area contributed by atoms with E-state index in [0.717, 1.165) is 5.69 Å². The van der Waals surface area contributed by atoms with Crippen molar-refractivity contribution in [2.75, 3.05) is 24.2 Å². The number of primary sulfonamides is 1. The number of nitrogens with two attached hydrogens (primary N) is 2. The van der Waals surface area contributed by atoms with E-state index in [1.165, 1.54) is 12.1 Å². The van der Waals surface area contributed by atoms with Crippen LogP contribution in [0.5, 0.6) is 0 Å². The Morgan fingerprint density at radius 1 is 1.47 bits per heavy atom. The lowest BCUT2D eigenvalue weighted by Crippen LogP contribution is -2.19. The van der Waals surface area contributed by atoms with Crippen LogP contribution in [-0.2, 0) is 10.0 Å². The minimum absolute atomic E-state index is 0.0880. The Balaban J connectivity index is 3.02. The van der Waals surface area contributed by atoms with Crippen molar-refractivity contribution in [2.24, 2.45) is 5.14 Å². The van der Waals surface area contributed by atoms with Gasteiger partial charge >= 0.3 is 0 Å². The highest BCUT2D eigenvalue weighted by Gasteiger charge is 2.13. The Morgan fingerprint density at radius 3 is 2.59 bits per heavy atom. The molecule has 0 saturated heterocycles. The van der Waals surface area contributed by atoms with Crippen LogP contribution in [0.25, 0.3) is 0 Å². The van der Waals surface area contributed by atoms with E-state index < -0.39 is 10.0 Å². The summed E-state index contributed by atoms with van der Waals surface area (Å²) in [5.41, 5.74) is 6.47. The van der Waals surface area contributed by atoms with Gasteiger partial charge in [0.05, 0.1) is 18.2 Å². The minimum Gasteiger partial charge on any atom is -0.398 e. The number of sulfonamides is 1.